The second-order valence-electron chi connectivity index (χ2n) is 7.10. The summed E-state index contributed by atoms with van der Waals surface area (Å²) in [5.74, 6) is -1.67. The molecular formula is C18H24O4. The second-order valence-corrected chi connectivity index (χ2v) is 7.10. The molecule has 4 nitrogen and oxygen atoms in total. The first-order valence-electron chi connectivity index (χ1n) is 7.61. The number of carbonyl (C=O) groups excluding carboxylic acids is 1. The molecule has 0 saturated heterocycles. The van der Waals surface area contributed by atoms with Crippen molar-refractivity contribution in [2.75, 3.05) is 7.11 Å². The highest BCUT2D eigenvalue weighted by Crippen LogP contribution is 2.55. The van der Waals surface area contributed by atoms with Gasteiger partial charge in [-0.2, -0.15) is 0 Å². The molecule has 1 aromatic rings. The molecule has 0 aliphatic heterocycles. The van der Waals surface area contributed by atoms with Crippen LogP contribution in [-0.2, 0) is 10.2 Å². The van der Waals surface area contributed by atoms with E-state index in [2.05, 4.69) is 20.8 Å². The summed E-state index contributed by atoms with van der Waals surface area (Å²) < 4.78 is 4.88. The van der Waals surface area contributed by atoms with E-state index < -0.39 is 11.9 Å². The summed E-state index contributed by atoms with van der Waals surface area (Å²) >= 11 is 0. The number of carboxylic acid groups (broad SMARTS) is 1. The van der Waals surface area contributed by atoms with Crippen LogP contribution in [0.1, 0.15) is 71.9 Å². The third-order valence-electron chi connectivity index (χ3n) is 5.47. The Morgan fingerprint density at radius 2 is 1.82 bits per heavy atom. The fourth-order valence-electron chi connectivity index (χ4n) is 3.71. The van der Waals surface area contributed by atoms with E-state index in [1.54, 1.807) is 6.07 Å². The van der Waals surface area contributed by atoms with Gasteiger partial charge >= 0.3 is 11.9 Å². The maximum Gasteiger partial charge on any atom is 0.339 e. The number of methoxy groups -OCH3 is 1. The number of hydrogen-bond donors (Lipinski definition) is 1. The fraction of sp³-hybridized carbons (Fsp3) is 0.556. The quantitative estimate of drug-likeness (QED) is 0.859. The van der Waals surface area contributed by atoms with Crippen LogP contribution in [0, 0.1) is 12.3 Å². The van der Waals surface area contributed by atoms with Crippen molar-refractivity contribution in [3.63, 3.8) is 0 Å². The number of rotatable bonds is 3. The maximum atomic E-state index is 12.3. The van der Waals surface area contributed by atoms with Gasteiger partial charge in [0.2, 0.25) is 0 Å². The van der Waals surface area contributed by atoms with E-state index >= 15 is 0 Å². The molecule has 120 valence electrons. The van der Waals surface area contributed by atoms with E-state index in [4.69, 9.17) is 4.74 Å². The summed E-state index contributed by atoms with van der Waals surface area (Å²) in [6, 6.07) is 3.50. The normalized spacial score (nSPS) is 23.3. The van der Waals surface area contributed by atoms with Gasteiger partial charge in [0, 0.05) is 0 Å². The molecule has 1 fully saturated rings. The van der Waals surface area contributed by atoms with E-state index in [0.717, 1.165) is 30.4 Å². The molecule has 1 aliphatic carbocycles. The lowest BCUT2D eigenvalue weighted by Crippen LogP contribution is -2.36. The first-order valence-corrected chi connectivity index (χ1v) is 7.61. The summed E-state index contributed by atoms with van der Waals surface area (Å²) in [5, 5.41) is 9.51. The maximum absolute atomic E-state index is 12.3. The number of aromatic carboxylic acids is 1. The Labute approximate surface area is 131 Å². The highest BCUT2D eigenvalue weighted by molar-refractivity contribution is 6.04. The van der Waals surface area contributed by atoms with E-state index in [-0.39, 0.29) is 22.0 Å². The highest BCUT2D eigenvalue weighted by atomic mass is 16.5. The van der Waals surface area contributed by atoms with Crippen LogP contribution in [0.25, 0.3) is 0 Å². The van der Waals surface area contributed by atoms with Gasteiger partial charge in [0.05, 0.1) is 18.2 Å². The molecule has 1 aromatic carbocycles. The molecule has 0 heterocycles. The van der Waals surface area contributed by atoms with Gasteiger partial charge in [-0.1, -0.05) is 33.3 Å². The number of carboxylic acids is 1. The molecule has 1 N–H and O–H groups in total. The number of benzene rings is 1. The summed E-state index contributed by atoms with van der Waals surface area (Å²) in [7, 11) is 1.29. The Balaban J connectivity index is 2.80. The van der Waals surface area contributed by atoms with Gasteiger partial charge in [0.15, 0.2) is 0 Å². The molecule has 0 amide bonds. The van der Waals surface area contributed by atoms with Gasteiger partial charge in [-0.25, -0.2) is 9.59 Å². The van der Waals surface area contributed by atoms with Gasteiger partial charge < -0.3 is 9.84 Å². The zero-order valence-electron chi connectivity index (χ0n) is 13.9. The molecular weight excluding hydrogens is 280 g/mol. The smallest absolute Gasteiger partial charge is 0.339 e. The Bertz CT molecular complexity index is 630. The minimum Gasteiger partial charge on any atom is -0.478 e. The Morgan fingerprint density at radius 3 is 2.27 bits per heavy atom. The van der Waals surface area contributed by atoms with Gasteiger partial charge in [-0.15, -0.1) is 0 Å². The van der Waals surface area contributed by atoms with Crippen molar-refractivity contribution in [2.24, 2.45) is 5.41 Å². The predicted octanol–water partition coefficient (Wildman–Crippen LogP) is 3.95. The molecule has 22 heavy (non-hydrogen) atoms. The van der Waals surface area contributed by atoms with Crippen LogP contribution in [0.5, 0.6) is 0 Å². The number of aryl methyl sites for hydroxylation is 1. The van der Waals surface area contributed by atoms with Gasteiger partial charge in [-0.05, 0) is 47.8 Å². The van der Waals surface area contributed by atoms with E-state index in [9.17, 15) is 14.7 Å². The zero-order chi connectivity index (χ0) is 16.7. The molecule has 2 rings (SSSR count). The minimum atomic E-state index is -1.09. The topological polar surface area (TPSA) is 63.6 Å². The molecule has 4 heteroatoms. The molecule has 0 radical (unpaired) electrons. The van der Waals surface area contributed by atoms with Crippen LogP contribution in [0.4, 0.5) is 0 Å². The monoisotopic (exact) mass is 304 g/mol. The lowest BCUT2D eigenvalue weighted by atomic mass is 9.63. The van der Waals surface area contributed by atoms with Crippen LogP contribution >= 0.6 is 0 Å². The van der Waals surface area contributed by atoms with Crippen molar-refractivity contribution in [3.8, 4) is 0 Å². The lowest BCUT2D eigenvalue weighted by Gasteiger charge is -2.40. The average Bonchev–Trinajstić information content (AvgIpc) is 2.71. The van der Waals surface area contributed by atoms with Crippen LogP contribution in [0.2, 0.25) is 0 Å². The molecule has 1 aliphatic rings. The third-order valence-corrected chi connectivity index (χ3v) is 5.47. The highest BCUT2D eigenvalue weighted by Gasteiger charge is 2.48. The minimum absolute atomic E-state index is 0.000657. The predicted molar refractivity (Wildman–Crippen MR) is 84.5 cm³/mol. The second kappa shape index (κ2) is 5.41. The number of hydrogen-bond acceptors (Lipinski definition) is 3. The van der Waals surface area contributed by atoms with Crippen molar-refractivity contribution in [2.45, 2.75) is 52.4 Å². The standard InChI is InChI=1S/C18H24O4/c1-11-9-12(15(19)20)14(16(21)22-5)13(10-11)18(4)8-6-7-17(18,2)3/h9-10H,6-8H2,1-5H3,(H,19,20)/t18-/m0/s1. The van der Waals surface area contributed by atoms with Crippen molar-refractivity contribution in [1.82, 2.24) is 0 Å². The first-order chi connectivity index (χ1) is 10.1. The van der Waals surface area contributed by atoms with E-state index in [1.807, 2.05) is 13.0 Å². The largest absolute Gasteiger partial charge is 0.478 e. The van der Waals surface area contributed by atoms with E-state index in [0.29, 0.717) is 0 Å². The number of esters is 1. The van der Waals surface area contributed by atoms with Crippen molar-refractivity contribution >= 4 is 11.9 Å². The van der Waals surface area contributed by atoms with Gasteiger partial charge in [-0.3, -0.25) is 0 Å². The molecule has 1 atom stereocenters. The summed E-state index contributed by atoms with van der Waals surface area (Å²) in [6.45, 7) is 8.36. The molecule has 0 spiro atoms. The molecule has 0 aromatic heterocycles. The Hall–Kier alpha value is -1.84. The lowest BCUT2D eigenvalue weighted by molar-refractivity contribution is 0.0577. The molecule has 0 unspecified atom stereocenters. The van der Waals surface area contributed by atoms with Crippen molar-refractivity contribution in [1.29, 1.82) is 0 Å². The summed E-state index contributed by atoms with van der Waals surface area (Å²) in [6.07, 6.45) is 3.06. The molecule has 0 bridgehead atoms. The number of carbonyl (C=O) groups is 2. The fourth-order valence-corrected chi connectivity index (χ4v) is 3.71. The zero-order valence-corrected chi connectivity index (χ0v) is 13.9. The Morgan fingerprint density at radius 1 is 1.18 bits per heavy atom. The van der Waals surface area contributed by atoms with Crippen molar-refractivity contribution in [3.05, 3.63) is 34.4 Å². The van der Waals surface area contributed by atoms with Gasteiger partial charge in [0.1, 0.15) is 0 Å². The Kier molecular flexibility index (Phi) is 4.07. The van der Waals surface area contributed by atoms with Gasteiger partial charge in [0.25, 0.3) is 0 Å². The van der Waals surface area contributed by atoms with Crippen LogP contribution in [-0.4, -0.2) is 24.2 Å². The molecule has 1 saturated carbocycles. The summed E-state index contributed by atoms with van der Waals surface area (Å²) in [5.41, 5.74) is 1.65. The SMILES string of the molecule is COC(=O)c1c(C(=O)O)cc(C)cc1[C@]1(C)CCCC1(C)C. The van der Waals surface area contributed by atoms with Crippen molar-refractivity contribution < 1.29 is 19.4 Å². The van der Waals surface area contributed by atoms with Crippen LogP contribution in [0.3, 0.4) is 0 Å². The van der Waals surface area contributed by atoms with E-state index in [1.165, 1.54) is 7.11 Å². The van der Waals surface area contributed by atoms with Crippen LogP contribution < -0.4 is 0 Å². The summed E-state index contributed by atoms with van der Waals surface area (Å²) in [4.78, 5) is 23.9. The average molecular weight is 304 g/mol. The number of ether oxygens (including phenoxy) is 1. The third kappa shape index (κ3) is 2.40. The van der Waals surface area contributed by atoms with Crippen LogP contribution in [0.15, 0.2) is 12.1 Å². The first kappa shape index (κ1) is 16.5.